The smallest absolute Gasteiger partial charge is 0.257 e. The van der Waals surface area contributed by atoms with Crippen LogP contribution in [0.4, 0.5) is 5.69 Å². The highest BCUT2D eigenvalue weighted by molar-refractivity contribution is 8.03. The second kappa shape index (κ2) is 8.04. The second-order valence-electron chi connectivity index (χ2n) is 5.24. The fraction of sp³-hybridized carbons (Fsp3) is 0.176. The van der Waals surface area contributed by atoms with Crippen LogP contribution in [0.2, 0.25) is 0 Å². The zero-order valence-corrected chi connectivity index (χ0v) is 16.1. The third-order valence-electron chi connectivity index (χ3n) is 3.64. The first-order valence-corrected chi connectivity index (χ1v) is 10.7. The van der Waals surface area contributed by atoms with Gasteiger partial charge in [0.25, 0.3) is 5.35 Å². The number of thioether (sulfide) groups is 2. The van der Waals surface area contributed by atoms with E-state index in [0.717, 1.165) is 17.6 Å². The van der Waals surface area contributed by atoms with Crippen molar-refractivity contribution in [1.82, 2.24) is 0 Å². The summed E-state index contributed by atoms with van der Waals surface area (Å²) in [7, 11) is -4.94. The quantitative estimate of drug-likeness (QED) is 0.510. The molecule has 2 aromatic rings. The van der Waals surface area contributed by atoms with E-state index in [1.165, 1.54) is 20.6 Å². The lowest BCUT2D eigenvalue weighted by molar-refractivity contribution is -2.00. The van der Waals surface area contributed by atoms with E-state index in [4.69, 9.17) is 18.6 Å². The molecule has 2 aliphatic heterocycles. The number of aromatic nitrogens is 1. The molecule has 0 spiro atoms. The lowest BCUT2D eigenvalue weighted by Gasteiger charge is -2.17. The van der Waals surface area contributed by atoms with Crippen molar-refractivity contribution in [1.29, 1.82) is 0 Å². The molecule has 1 aromatic heterocycles. The van der Waals surface area contributed by atoms with Gasteiger partial charge in [-0.1, -0.05) is 23.9 Å². The zero-order valence-electron chi connectivity index (χ0n) is 13.8. The number of hydrogen-bond acceptors (Lipinski definition) is 7. The molecule has 3 heterocycles. The molecular weight excluding hydrogens is 396 g/mol. The second-order valence-corrected chi connectivity index (χ2v) is 8.06. The number of halogens is 1. The minimum absolute atomic E-state index is 0.963. The van der Waals surface area contributed by atoms with E-state index in [1.807, 2.05) is 11.8 Å². The molecule has 4 rings (SSSR count). The summed E-state index contributed by atoms with van der Waals surface area (Å²) in [5.41, 5.74) is 4.91. The molecule has 0 bridgehead atoms. The Kier molecular flexibility index (Phi) is 5.96. The zero-order chi connectivity index (χ0) is 18.7. The van der Waals surface area contributed by atoms with Crippen LogP contribution in [0.5, 0.6) is 0 Å². The van der Waals surface area contributed by atoms with Gasteiger partial charge >= 0.3 is 0 Å². The molecular formula is C17H15ClN2O4S2. The van der Waals surface area contributed by atoms with Crippen LogP contribution in [0.25, 0.3) is 5.73 Å². The first kappa shape index (κ1) is 19.3. The third-order valence-corrected chi connectivity index (χ3v) is 5.66. The van der Waals surface area contributed by atoms with E-state index in [0.29, 0.717) is 0 Å². The Hall–Kier alpha value is -1.48. The van der Waals surface area contributed by atoms with E-state index in [-0.39, 0.29) is 0 Å². The largest absolute Gasteiger partial charge is 0.329 e. The van der Waals surface area contributed by atoms with E-state index in [9.17, 15) is 0 Å². The Morgan fingerprint density at radius 1 is 1.12 bits per heavy atom. The summed E-state index contributed by atoms with van der Waals surface area (Å²) in [6.07, 6.45) is 2.23. The number of fused-ring (bicyclic) bond motifs is 2. The highest BCUT2D eigenvalue weighted by Gasteiger charge is 2.23. The molecule has 0 unspecified atom stereocenters. The summed E-state index contributed by atoms with van der Waals surface area (Å²) >= 11 is 3.68. The highest BCUT2D eigenvalue weighted by atomic mass is 35.7. The monoisotopic (exact) mass is 410 g/mol. The number of pyridine rings is 1. The molecule has 0 radical (unpaired) electrons. The van der Waals surface area contributed by atoms with E-state index < -0.39 is 10.2 Å². The minimum Gasteiger partial charge on any atom is -0.329 e. The van der Waals surface area contributed by atoms with E-state index >= 15 is 0 Å². The van der Waals surface area contributed by atoms with Crippen LogP contribution in [0.1, 0.15) is 6.92 Å². The van der Waals surface area contributed by atoms with E-state index in [1.54, 1.807) is 11.8 Å². The topological polar surface area (TPSA) is 101 Å². The molecule has 0 fully saturated rings. The van der Waals surface area contributed by atoms with Crippen molar-refractivity contribution < 1.29 is 33.1 Å². The van der Waals surface area contributed by atoms with E-state index in [2.05, 4.69) is 70.5 Å². The maximum Gasteiger partial charge on any atom is 0.257 e. The molecule has 9 heteroatoms. The first-order valence-electron chi connectivity index (χ1n) is 7.67. The third kappa shape index (κ3) is 4.62. The maximum atomic E-state index is 8.49. The molecule has 0 aliphatic carbocycles. The van der Waals surface area contributed by atoms with Crippen molar-refractivity contribution in [3.63, 3.8) is 0 Å². The van der Waals surface area contributed by atoms with Crippen LogP contribution >= 0.6 is 23.5 Å². The van der Waals surface area contributed by atoms with Crippen LogP contribution in [0.15, 0.2) is 57.4 Å². The molecule has 26 heavy (non-hydrogen) atoms. The number of anilines is 1. The fourth-order valence-corrected chi connectivity index (χ4v) is 4.67. The molecule has 0 saturated carbocycles. The normalized spacial score (nSPS) is 14.8. The lowest BCUT2D eigenvalue weighted by Crippen LogP contribution is -2.68. The van der Waals surface area contributed by atoms with Gasteiger partial charge in [-0.05, 0) is 42.6 Å². The Balaban J connectivity index is 0.000000349. The molecule has 0 amide bonds. The van der Waals surface area contributed by atoms with Gasteiger partial charge in [-0.2, -0.15) is 4.24 Å². The van der Waals surface area contributed by atoms with Crippen LogP contribution < -0.4 is 33.1 Å². The molecule has 1 aromatic carbocycles. The van der Waals surface area contributed by atoms with Gasteiger partial charge in [0, 0.05) is 23.6 Å². The summed E-state index contributed by atoms with van der Waals surface area (Å²) in [5.74, 6) is 1.04. The number of hydrogen-bond donors (Lipinski definition) is 0. The van der Waals surface area contributed by atoms with Gasteiger partial charge in [-0.3, -0.25) is 0 Å². The predicted molar refractivity (Wildman–Crippen MR) is 88.9 cm³/mol. The lowest BCUT2D eigenvalue weighted by atomic mass is 10.3. The summed E-state index contributed by atoms with van der Waals surface area (Å²) < 4.78 is 36.2. The molecule has 6 nitrogen and oxygen atoms in total. The van der Waals surface area contributed by atoms with Gasteiger partial charge in [-0.15, -0.1) is 10.2 Å². The van der Waals surface area contributed by atoms with Crippen molar-refractivity contribution >= 4 is 34.9 Å². The maximum absolute atomic E-state index is 8.49. The number of rotatable bonds is 1. The Bertz CT molecular complexity index is 965. The van der Waals surface area contributed by atoms with Gasteiger partial charge < -0.3 is 4.90 Å². The summed E-state index contributed by atoms with van der Waals surface area (Å²) in [6, 6.07) is 15.0. The highest BCUT2D eigenvalue weighted by Crippen LogP contribution is 2.44. The molecule has 2 aliphatic rings. The van der Waals surface area contributed by atoms with Crippen molar-refractivity contribution in [2.75, 3.05) is 17.2 Å². The molecule has 0 atom stereocenters. The van der Waals surface area contributed by atoms with Crippen molar-refractivity contribution in [3.8, 4) is 0 Å². The summed E-state index contributed by atoms with van der Waals surface area (Å²) in [6.45, 7) is 3.15. The van der Waals surface area contributed by atoms with Crippen molar-refractivity contribution in [2.24, 2.45) is 0 Å². The SMILES string of the molecule is CCN1C(=C=c2cccc3[n+]2=CCS3)Sc2ccccc21.[O-][Cl+3]([O-])([O-])[O-]. The fourth-order valence-electron chi connectivity index (χ4n) is 2.66. The molecule has 0 saturated heterocycles. The van der Waals surface area contributed by atoms with Crippen LogP contribution in [-0.2, 0) is 0 Å². The van der Waals surface area contributed by atoms with Gasteiger partial charge in [0.1, 0.15) is 5.03 Å². The van der Waals surface area contributed by atoms with Gasteiger partial charge in [0.15, 0.2) is 6.21 Å². The van der Waals surface area contributed by atoms with Crippen LogP contribution in [-0.4, -0.2) is 12.3 Å². The standard InChI is InChI=1S/C17H15N2S2.ClHO4/c1-2-18-14-7-3-4-8-15(14)21-17(18)12-13-6-5-9-16-19(13)10-11-20-16;2-1(3,4)5/h3-10H,2,11H2,1H3;(H,2,3,4,5)/q+1;/p-1. The average Bonchev–Trinajstić information content (AvgIpc) is 3.17. The van der Waals surface area contributed by atoms with Gasteiger partial charge in [0.05, 0.1) is 11.4 Å². The summed E-state index contributed by atoms with van der Waals surface area (Å²) in [4.78, 5) is 3.65. The first-order chi connectivity index (χ1) is 12.4. The predicted octanol–water partition coefficient (Wildman–Crippen LogP) is -1.81. The summed E-state index contributed by atoms with van der Waals surface area (Å²) in [5, 5.41) is 3.61. The van der Waals surface area contributed by atoms with Gasteiger partial charge in [-0.25, -0.2) is 18.6 Å². The Morgan fingerprint density at radius 2 is 1.85 bits per heavy atom. The number of benzene rings is 1. The van der Waals surface area contributed by atoms with Crippen LogP contribution in [0, 0.1) is 16.5 Å². The minimum atomic E-state index is -4.94. The van der Waals surface area contributed by atoms with Crippen molar-refractivity contribution in [3.05, 3.63) is 59.1 Å². The molecule has 0 N–H and O–H groups in total. The van der Waals surface area contributed by atoms with Gasteiger partial charge in [0.2, 0.25) is 5.03 Å². The number of para-hydroxylation sites is 1. The van der Waals surface area contributed by atoms with Crippen LogP contribution in [0.3, 0.4) is 0 Å². The average molecular weight is 411 g/mol. The Morgan fingerprint density at radius 3 is 2.58 bits per heavy atom. The number of nitrogens with zero attached hydrogens (tertiary/aromatic N) is 2. The Labute approximate surface area is 161 Å². The molecule has 136 valence electrons. The van der Waals surface area contributed by atoms with Crippen molar-refractivity contribution in [2.45, 2.75) is 16.8 Å².